The van der Waals surface area contributed by atoms with Crippen LogP contribution in [-0.2, 0) is 0 Å². The van der Waals surface area contributed by atoms with Crippen molar-refractivity contribution in [3.05, 3.63) is 44.3 Å². The maximum atomic E-state index is 12.6. The number of nitrogens with zero attached hydrogens (tertiary/aromatic N) is 3. The summed E-state index contributed by atoms with van der Waals surface area (Å²) in [6, 6.07) is 1.98. The fourth-order valence-corrected chi connectivity index (χ4v) is 3.75. The number of pyridine rings is 1. The molecule has 0 aromatic carbocycles. The molecule has 0 aliphatic heterocycles. The van der Waals surface area contributed by atoms with Crippen molar-refractivity contribution < 1.29 is 4.79 Å². The number of rotatable bonds is 2. The van der Waals surface area contributed by atoms with E-state index < -0.39 is 0 Å². The van der Waals surface area contributed by atoms with E-state index in [1.165, 1.54) is 11.3 Å². The van der Waals surface area contributed by atoms with Gasteiger partial charge in [-0.25, -0.2) is 9.97 Å². The number of anilines is 1. The van der Waals surface area contributed by atoms with Crippen molar-refractivity contribution in [1.29, 1.82) is 0 Å². The lowest BCUT2D eigenvalue weighted by molar-refractivity contribution is 0.102. The first kappa shape index (κ1) is 15.2. The van der Waals surface area contributed by atoms with Crippen LogP contribution in [-0.4, -0.2) is 20.3 Å². The van der Waals surface area contributed by atoms with Gasteiger partial charge < -0.3 is 0 Å². The van der Waals surface area contributed by atoms with Gasteiger partial charge in [0, 0.05) is 11.1 Å². The molecule has 0 unspecified atom stereocenters. The zero-order valence-electron chi connectivity index (χ0n) is 12.7. The van der Waals surface area contributed by atoms with Gasteiger partial charge in [-0.3, -0.25) is 14.5 Å². The van der Waals surface area contributed by atoms with Crippen LogP contribution in [0.2, 0.25) is 0 Å². The number of thiazole rings is 1. The molecule has 3 aromatic rings. The van der Waals surface area contributed by atoms with Gasteiger partial charge in [-0.15, -0.1) is 11.3 Å². The molecule has 0 fully saturated rings. The Labute approximate surface area is 140 Å². The molecule has 5 nitrogen and oxygen atoms in total. The molecule has 0 aliphatic rings. The van der Waals surface area contributed by atoms with E-state index in [0.29, 0.717) is 16.5 Å². The largest absolute Gasteiger partial charge is 0.296 e. The highest BCUT2D eigenvalue weighted by Gasteiger charge is 2.19. The number of carbonyl (C=O) groups excluding carboxylic acids is 1. The van der Waals surface area contributed by atoms with Crippen molar-refractivity contribution in [2.75, 3.05) is 5.32 Å². The third-order valence-electron chi connectivity index (χ3n) is 3.45. The summed E-state index contributed by atoms with van der Waals surface area (Å²) in [4.78, 5) is 22.6. The molecule has 3 aromatic heterocycles. The van der Waals surface area contributed by atoms with Crippen molar-refractivity contribution in [3.63, 3.8) is 0 Å². The molecule has 114 valence electrons. The second-order valence-electron chi connectivity index (χ2n) is 5.22. The van der Waals surface area contributed by atoms with Crippen molar-refractivity contribution >= 4 is 44.0 Å². The van der Waals surface area contributed by atoms with Crippen LogP contribution in [0.25, 0.3) is 5.65 Å². The van der Waals surface area contributed by atoms with Gasteiger partial charge >= 0.3 is 0 Å². The summed E-state index contributed by atoms with van der Waals surface area (Å²) >= 11 is 4.97. The van der Waals surface area contributed by atoms with Crippen molar-refractivity contribution in [3.8, 4) is 0 Å². The Morgan fingerprint density at radius 1 is 1.23 bits per heavy atom. The van der Waals surface area contributed by atoms with E-state index in [0.717, 1.165) is 26.3 Å². The fraction of sp³-hybridized carbons (Fsp3) is 0.267. The molecule has 3 heterocycles. The number of aryl methyl sites for hydroxylation is 4. The normalized spacial score (nSPS) is 11.1. The predicted octanol–water partition coefficient (Wildman–Crippen LogP) is 4.04. The van der Waals surface area contributed by atoms with E-state index in [1.807, 2.05) is 44.4 Å². The first-order valence-electron chi connectivity index (χ1n) is 6.77. The maximum Gasteiger partial charge on any atom is 0.276 e. The molecule has 1 N–H and O–H groups in total. The van der Waals surface area contributed by atoms with Gasteiger partial charge in [0.15, 0.2) is 10.8 Å². The zero-order valence-corrected chi connectivity index (χ0v) is 15.1. The number of halogens is 1. The van der Waals surface area contributed by atoms with Gasteiger partial charge in [0.05, 0.1) is 15.9 Å². The number of carbonyl (C=O) groups is 1. The van der Waals surface area contributed by atoms with Crippen LogP contribution in [0.5, 0.6) is 0 Å². The lowest BCUT2D eigenvalue weighted by Gasteiger charge is -2.05. The summed E-state index contributed by atoms with van der Waals surface area (Å²) < 4.78 is 2.69. The molecule has 0 saturated carbocycles. The Bertz CT molecular complexity index is 877. The smallest absolute Gasteiger partial charge is 0.276 e. The molecular formula is C15H15BrN4OS. The Kier molecular flexibility index (Phi) is 3.78. The first-order chi connectivity index (χ1) is 10.4. The molecule has 0 saturated heterocycles. The van der Waals surface area contributed by atoms with Gasteiger partial charge in [0.1, 0.15) is 5.69 Å². The second-order valence-corrected chi connectivity index (χ2v) is 7.28. The van der Waals surface area contributed by atoms with E-state index in [9.17, 15) is 4.79 Å². The van der Waals surface area contributed by atoms with E-state index in [2.05, 4.69) is 31.2 Å². The van der Waals surface area contributed by atoms with E-state index in [1.54, 1.807) is 0 Å². The van der Waals surface area contributed by atoms with Crippen LogP contribution in [0.1, 0.15) is 32.3 Å². The average Bonchev–Trinajstić information content (AvgIpc) is 2.89. The van der Waals surface area contributed by atoms with Crippen LogP contribution in [0.3, 0.4) is 0 Å². The molecule has 0 spiro atoms. The minimum Gasteiger partial charge on any atom is -0.296 e. The summed E-state index contributed by atoms with van der Waals surface area (Å²) in [5.41, 5.74) is 3.94. The van der Waals surface area contributed by atoms with Gasteiger partial charge in [-0.05, 0) is 55.3 Å². The van der Waals surface area contributed by atoms with Gasteiger partial charge in [0.25, 0.3) is 5.91 Å². The number of amides is 1. The molecule has 0 atom stereocenters. The quantitative estimate of drug-likeness (QED) is 0.731. The molecule has 3 rings (SSSR count). The number of hydrogen-bond acceptors (Lipinski definition) is 4. The molecule has 7 heteroatoms. The Hall–Kier alpha value is -1.73. The minimum atomic E-state index is -0.198. The third-order valence-corrected chi connectivity index (χ3v) is 5.02. The summed E-state index contributed by atoms with van der Waals surface area (Å²) in [6.07, 6.45) is 1.91. The molecule has 0 aliphatic carbocycles. The summed E-state index contributed by atoms with van der Waals surface area (Å²) in [5, 5.41) is 3.48. The van der Waals surface area contributed by atoms with Crippen LogP contribution in [0.4, 0.5) is 5.13 Å². The number of hydrogen-bond donors (Lipinski definition) is 1. The molecule has 22 heavy (non-hydrogen) atoms. The van der Waals surface area contributed by atoms with Crippen molar-refractivity contribution in [2.45, 2.75) is 27.7 Å². The first-order valence-corrected chi connectivity index (χ1v) is 8.38. The van der Waals surface area contributed by atoms with Gasteiger partial charge in [-0.2, -0.15) is 0 Å². The SMILES string of the molecule is Cc1cc(Br)c2nc(C)c(C(=O)Nc3nc(C)c(C)s3)n2c1. The maximum absolute atomic E-state index is 12.6. The Balaban J connectivity index is 2.05. The van der Waals surface area contributed by atoms with Crippen molar-refractivity contribution in [1.82, 2.24) is 14.4 Å². The summed E-state index contributed by atoms with van der Waals surface area (Å²) in [5.74, 6) is -0.198. The fourth-order valence-electron chi connectivity index (χ4n) is 2.30. The average molecular weight is 379 g/mol. The van der Waals surface area contributed by atoms with E-state index in [-0.39, 0.29) is 5.91 Å². The van der Waals surface area contributed by atoms with Crippen LogP contribution in [0.15, 0.2) is 16.7 Å². The highest BCUT2D eigenvalue weighted by atomic mass is 79.9. The highest BCUT2D eigenvalue weighted by Crippen LogP contribution is 2.25. The molecular weight excluding hydrogens is 364 g/mol. The lowest BCUT2D eigenvalue weighted by atomic mass is 10.3. The Morgan fingerprint density at radius 3 is 2.59 bits per heavy atom. The Morgan fingerprint density at radius 2 is 1.95 bits per heavy atom. The predicted molar refractivity (Wildman–Crippen MR) is 91.9 cm³/mol. The zero-order chi connectivity index (χ0) is 16.0. The number of nitrogens with one attached hydrogen (secondary N) is 1. The van der Waals surface area contributed by atoms with E-state index >= 15 is 0 Å². The minimum absolute atomic E-state index is 0.198. The van der Waals surface area contributed by atoms with Gasteiger partial charge in [0.2, 0.25) is 0 Å². The molecule has 0 bridgehead atoms. The number of aromatic nitrogens is 3. The second kappa shape index (κ2) is 5.48. The molecule has 0 radical (unpaired) electrons. The standard InChI is InChI=1S/C15H15BrN4OS/c1-7-5-11(16)13-17-9(3)12(20(13)6-7)14(21)19-15-18-8(2)10(4)22-15/h5-6H,1-4H3,(H,18,19,21). The third kappa shape index (κ3) is 2.55. The monoisotopic (exact) mass is 378 g/mol. The molecule has 1 amide bonds. The number of imidazole rings is 1. The topological polar surface area (TPSA) is 59.3 Å². The summed E-state index contributed by atoms with van der Waals surface area (Å²) in [6.45, 7) is 7.74. The summed E-state index contributed by atoms with van der Waals surface area (Å²) in [7, 11) is 0. The lowest BCUT2D eigenvalue weighted by Crippen LogP contribution is -2.15. The van der Waals surface area contributed by atoms with Crippen LogP contribution >= 0.6 is 27.3 Å². The van der Waals surface area contributed by atoms with Crippen molar-refractivity contribution in [2.24, 2.45) is 0 Å². The van der Waals surface area contributed by atoms with Gasteiger partial charge in [-0.1, -0.05) is 0 Å². The van der Waals surface area contributed by atoms with E-state index in [4.69, 9.17) is 0 Å². The number of fused-ring (bicyclic) bond motifs is 1. The van der Waals surface area contributed by atoms with Crippen LogP contribution < -0.4 is 5.32 Å². The van der Waals surface area contributed by atoms with Crippen LogP contribution in [0, 0.1) is 27.7 Å². The highest BCUT2D eigenvalue weighted by molar-refractivity contribution is 9.10.